The first-order valence-electron chi connectivity index (χ1n) is 9.75. The van der Waals surface area contributed by atoms with Crippen LogP contribution >= 0.6 is 23.2 Å². The minimum Gasteiger partial charge on any atom is -0.477 e. The maximum Gasteiger partial charge on any atom is 0.349 e. The number of non-ortho nitro benzene ring substituents is 1. The van der Waals surface area contributed by atoms with E-state index in [2.05, 4.69) is 10.3 Å². The van der Waals surface area contributed by atoms with Gasteiger partial charge >= 0.3 is 5.97 Å². The van der Waals surface area contributed by atoms with Crippen LogP contribution in [0.2, 0.25) is 0 Å². The minimum absolute atomic E-state index is 0.0246. The number of hydrogen-bond donors (Lipinski definition) is 2. The van der Waals surface area contributed by atoms with Gasteiger partial charge < -0.3 is 10.4 Å². The molecule has 0 aliphatic carbocycles. The Labute approximate surface area is 200 Å². The van der Waals surface area contributed by atoms with Crippen molar-refractivity contribution in [2.75, 3.05) is 5.32 Å². The number of halogens is 2. The van der Waals surface area contributed by atoms with Crippen LogP contribution < -0.4 is 10.9 Å². The zero-order valence-electron chi connectivity index (χ0n) is 17.1. The van der Waals surface area contributed by atoms with Crippen molar-refractivity contribution < 1.29 is 19.6 Å². The van der Waals surface area contributed by atoms with E-state index in [1.54, 1.807) is 16.7 Å². The number of carboxylic acid groups (broad SMARTS) is 1. The quantitative estimate of drug-likeness (QED) is 0.306. The first-order valence-corrected chi connectivity index (χ1v) is 10.5. The van der Waals surface area contributed by atoms with E-state index in [1.165, 1.54) is 30.3 Å². The fourth-order valence-corrected chi connectivity index (χ4v) is 3.72. The van der Waals surface area contributed by atoms with E-state index in [-0.39, 0.29) is 16.9 Å². The molecule has 172 valence electrons. The fraction of sp³-hybridized carbons (Fsp3) is 0.0909. The summed E-state index contributed by atoms with van der Waals surface area (Å²) >= 11 is 11.2. The lowest BCUT2D eigenvalue weighted by molar-refractivity contribution is -0.384. The number of nitro benzene ring substituents is 1. The molecule has 0 spiro atoms. The summed E-state index contributed by atoms with van der Waals surface area (Å²) in [6.07, 6.45) is 2.36. The Morgan fingerprint density at radius 3 is 2.50 bits per heavy atom. The summed E-state index contributed by atoms with van der Waals surface area (Å²) in [6.45, 7) is 0.433. The average Bonchev–Trinajstić information content (AvgIpc) is 3.20. The predicted molar refractivity (Wildman–Crippen MR) is 127 cm³/mol. The third-order valence-corrected chi connectivity index (χ3v) is 5.94. The highest BCUT2D eigenvalue weighted by molar-refractivity contribution is 6.54. The summed E-state index contributed by atoms with van der Waals surface area (Å²) < 4.78 is 1.55. The Balaban J connectivity index is 1.70. The maximum absolute atomic E-state index is 13.0. The summed E-state index contributed by atoms with van der Waals surface area (Å²) in [4.78, 5) is 51.0. The SMILES string of the molecule is O=C(O)/C(Cl)=C(/Cl)C(=O)Nc1ccc2c(=O)n3c(nc2c1)/C(=C/c1ccc([N+](=O)[O-])cc1)CC3. The molecule has 2 heterocycles. The molecular weight excluding hydrogens is 487 g/mol. The molecular formula is C22H14Cl2N4O6. The number of carbonyl (C=O) groups is 2. The summed E-state index contributed by atoms with van der Waals surface area (Å²) in [6, 6.07) is 10.5. The van der Waals surface area contributed by atoms with Gasteiger partial charge in [0, 0.05) is 24.4 Å². The molecule has 0 atom stereocenters. The van der Waals surface area contributed by atoms with Gasteiger partial charge in [0.2, 0.25) is 0 Å². The van der Waals surface area contributed by atoms with Gasteiger partial charge in [0.05, 0.1) is 15.8 Å². The number of anilines is 1. The van der Waals surface area contributed by atoms with Gasteiger partial charge in [0.25, 0.3) is 17.2 Å². The van der Waals surface area contributed by atoms with Crippen LogP contribution in [-0.2, 0) is 16.1 Å². The van der Waals surface area contributed by atoms with Crippen molar-refractivity contribution in [2.45, 2.75) is 13.0 Å². The Morgan fingerprint density at radius 2 is 1.85 bits per heavy atom. The topological polar surface area (TPSA) is 144 Å². The molecule has 0 radical (unpaired) electrons. The minimum atomic E-state index is -1.54. The number of nitrogens with zero attached hydrogens (tertiary/aromatic N) is 3. The van der Waals surface area contributed by atoms with Crippen LogP contribution in [0.4, 0.5) is 11.4 Å². The van der Waals surface area contributed by atoms with Crippen LogP contribution in [0.1, 0.15) is 17.8 Å². The summed E-state index contributed by atoms with van der Waals surface area (Å²) in [5.74, 6) is -2.02. The molecule has 2 aromatic carbocycles. The zero-order chi connectivity index (χ0) is 24.6. The number of allylic oxidation sites excluding steroid dienone is 1. The molecule has 10 nitrogen and oxygen atoms in total. The van der Waals surface area contributed by atoms with Crippen LogP contribution in [0, 0.1) is 10.1 Å². The van der Waals surface area contributed by atoms with Gasteiger partial charge in [0.1, 0.15) is 15.9 Å². The highest BCUT2D eigenvalue weighted by atomic mass is 35.5. The third kappa shape index (κ3) is 4.41. The normalized spacial score (nSPS) is 14.6. The van der Waals surface area contributed by atoms with E-state index >= 15 is 0 Å². The fourth-order valence-electron chi connectivity index (χ4n) is 3.51. The van der Waals surface area contributed by atoms with Crippen molar-refractivity contribution in [3.05, 3.63) is 84.4 Å². The van der Waals surface area contributed by atoms with Crippen LogP contribution in [0.5, 0.6) is 0 Å². The first-order chi connectivity index (χ1) is 16.2. The molecule has 0 bridgehead atoms. The molecule has 3 aromatic rings. The van der Waals surface area contributed by atoms with Gasteiger partial charge in [0.15, 0.2) is 0 Å². The maximum atomic E-state index is 13.0. The second kappa shape index (κ2) is 9.08. The molecule has 4 rings (SSSR count). The molecule has 34 heavy (non-hydrogen) atoms. The number of aliphatic carboxylic acids is 1. The molecule has 1 aliphatic heterocycles. The lowest BCUT2D eigenvalue weighted by Crippen LogP contribution is -2.21. The molecule has 2 N–H and O–H groups in total. The number of rotatable bonds is 5. The number of amides is 1. The number of hydrogen-bond acceptors (Lipinski definition) is 6. The van der Waals surface area contributed by atoms with E-state index in [0.717, 1.165) is 11.1 Å². The van der Waals surface area contributed by atoms with E-state index in [4.69, 9.17) is 28.3 Å². The number of aromatic nitrogens is 2. The zero-order valence-corrected chi connectivity index (χ0v) is 18.6. The Morgan fingerprint density at radius 1 is 1.15 bits per heavy atom. The number of nitro groups is 1. The van der Waals surface area contributed by atoms with Gasteiger partial charge in [-0.3, -0.25) is 24.3 Å². The highest BCUT2D eigenvalue weighted by Gasteiger charge is 2.22. The lowest BCUT2D eigenvalue weighted by atomic mass is 10.1. The third-order valence-electron chi connectivity index (χ3n) is 5.13. The van der Waals surface area contributed by atoms with Gasteiger partial charge in [-0.1, -0.05) is 23.2 Å². The Bertz CT molecular complexity index is 1490. The molecule has 0 saturated carbocycles. The van der Waals surface area contributed by atoms with E-state index in [0.29, 0.717) is 29.7 Å². The lowest BCUT2D eigenvalue weighted by Gasteiger charge is -2.09. The molecule has 0 saturated heterocycles. The smallest absolute Gasteiger partial charge is 0.349 e. The Hall–Kier alpha value is -4.02. The summed E-state index contributed by atoms with van der Waals surface area (Å²) in [5, 5.41) is 21.0. The number of nitrogens with one attached hydrogen (secondary N) is 1. The standard InChI is InChI=1S/C22H14Cl2N4O6/c23-17(18(24)22(31)32)20(29)25-13-3-6-15-16(10-13)26-19-12(7-8-27(19)21(15)30)9-11-1-4-14(5-2-11)28(33)34/h1-6,9-10H,7-8H2,(H,25,29)(H,31,32)/b12-9+,18-17-. The van der Waals surface area contributed by atoms with Crippen molar-refractivity contribution in [1.29, 1.82) is 0 Å². The molecule has 0 fully saturated rings. The van der Waals surface area contributed by atoms with E-state index in [1.807, 2.05) is 6.08 Å². The van der Waals surface area contributed by atoms with E-state index < -0.39 is 26.9 Å². The summed E-state index contributed by atoms with van der Waals surface area (Å²) in [7, 11) is 0. The Kier molecular flexibility index (Phi) is 6.18. The van der Waals surface area contributed by atoms with Gasteiger partial charge in [-0.2, -0.15) is 0 Å². The first kappa shape index (κ1) is 23.1. The van der Waals surface area contributed by atoms with Gasteiger partial charge in [-0.15, -0.1) is 0 Å². The van der Waals surface area contributed by atoms with Crippen molar-refractivity contribution in [2.24, 2.45) is 0 Å². The summed E-state index contributed by atoms with van der Waals surface area (Å²) in [5.41, 5.74) is 1.78. The number of benzene rings is 2. The second-order valence-corrected chi connectivity index (χ2v) is 8.04. The van der Waals surface area contributed by atoms with E-state index in [9.17, 15) is 24.5 Å². The predicted octanol–water partition coefficient (Wildman–Crippen LogP) is 3.96. The molecule has 1 aliphatic rings. The molecule has 1 amide bonds. The van der Waals surface area contributed by atoms with Crippen molar-refractivity contribution in [1.82, 2.24) is 9.55 Å². The molecule has 0 unspecified atom stereocenters. The molecule has 1 aromatic heterocycles. The van der Waals surface area contributed by atoms with Crippen LogP contribution in [0.3, 0.4) is 0 Å². The molecule has 12 heteroatoms. The number of fused-ring (bicyclic) bond motifs is 2. The van der Waals surface area contributed by atoms with Crippen molar-refractivity contribution in [3.63, 3.8) is 0 Å². The monoisotopic (exact) mass is 500 g/mol. The average molecular weight is 501 g/mol. The van der Waals surface area contributed by atoms with Gasteiger partial charge in [-0.05, 0) is 54.0 Å². The van der Waals surface area contributed by atoms with Crippen LogP contribution in [0.25, 0.3) is 22.6 Å². The number of carbonyl (C=O) groups excluding carboxylic acids is 1. The largest absolute Gasteiger partial charge is 0.477 e. The second-order valence-electron chi connectivity index (χ2n) is 7.28. The highest BCUT2D eigenvalue weighted by Crippen LogP contribution is 2.29. The van der Waals surface area contributed by atoms with Crippen molar-refractivity contribution in [3.8, 4) is 0 Å². The van der Waals surface area contributed by atoms with Crippen LogP contribution in [-0.4, -0.2) is 31.5 Å². The van der Waals surface area contributed by atoms with Crippen LogP contribution in [0.15, 0.2) is 57.3 Å². The number of carboxylic acids is 1. The van der Waals surface area contributed by atoms with Gasteiger partial charge in [-0.25, -0.2) is 9.78 Å². The van der Waals surface area contributed by atoms with Crippen molar-refractivity contribution >= 4 is 69.0 Å².